The number of Topliss-reactive ketones (excluding diaryl/α,β-unsaturated/α-hetero) is 1. The normalized spacial score (nSPS) is 41.8. The number of carbonyl (C=O) groups excluding carboxylic acids is 2. The molecule has 0 aliphatic heterocycles. The summed E-state index contributed by atoms with van der Waals surface area (Å²) in [6.07, 6.45) is 4.76. The summed E-state index contributed by atoms with van der Waals surface area (Å²) in [5, 5.41) is 10.7. The van der Waals surface area contributed by atoms with Crippen LogP contribution in [0.15, 0.2) is 40.8 Å². The number of aryl methyl sites for hydroxylation is 1. The second kappa shape index (κ2) is 7.86. The van der Waals surface area contributed by atoms with E-state index in [1.165, 1.54) is 0 Å². The first-order valence-corrected chi connectivity index (χ1v) is 14.2. The van der Waals surface area contributed by atoms with Gasteiger partial charge in [0.05, 0.1) is 16.2 Å². The van der Waals surface area contributed by atoms with Crippen molar-refractivity contribution in [2.24, 2.45) is 34.5 Å². The van der Waals surface area contributed by atoms with Crippen molar-refractivity contribution in [3.63, 3.8) is 0 Å². The molecule has 34 heavy (non-hydrogen) atoms. The first kappa shape index (κ1) is 23.9. The van der Waals surface area contributed by atoms with E-state index in [1.54, 1.807) is 37.3 Å². The highest BCUT2D eigenvalue weighted by atomic mass is 32.2. The molecule has 0 amide bonds. The van der Waals surface area contributed by atoms with Gasteiger partial charge < -0.3 is 5.11 Å². The summed E-state index contributed by atoms with van der Waals surface area (Å²) in [5.41, 5.74) is 0.749. The van der Waals surface area contributed by atoms with E-state index in [1.807, 2.05) is 13.8 Å². The average molecular weight is 485 g/mol. The van der Waals surface area contributed by atoms with Crippen LogP contribution in [0.4, 0.5) is 0 Å². The number of carbonyl (C=O) groups is 2. The van der Waals surface area contributed by atoms with Crippen LogP contribution in [0.5, 0.6) is 0 Å². The molecular weight excluding hydrogens is 448 g/mol. The second-order valence-electron chi connectivity index (χ2n) is 11.7. The molecular formula is C28H36O5S. The Hall–Kier alpha value is -1.79. The molecule has 4 aliphatic rings. The van der Waals surface area contributed by atoms with Gasteiger partial charge in [-0.2, -0.15) is 0 Å². The zero-order valence-electron chi connectivity index (χ0n) is 20.6. The van der Waals surface area contributed by atoms with Crippen LogP contribution in [0, 0.1) is 41.4 Å². The summed E-state index contributed by atoms with van der Waals surface area (Å²) in [7, 11) is -3.77. The van der Waals surface area contributed by atoms with E-state index >= 15 is 0 Å². The van der Waals surface area contributed by atoms with Crippen molar-refractivity contribution < 1.29 is 23.1 Å². The molecule has 0 aromatic heterocycles. The number of ketones is 2. The van der Waals surface area contributed by atoms with E-state index < -0.39 is 32.0 Å². The number of hydrogen-bond acceptors (Lipinski definition) is 5. The van der Waals surface area contributed by atoms with E-state index in [-0.39, 0.29) is 46.6 Å². The molecule has 6 heteroatoms. The number of aliphatic hydroxyl groups is 1. The van der Waals surface area contributed by atoms with Crippen molar-refractivity contribution in [3.8, 4) is 0 Å². The molecule has 3 saturated carbocycles. The molecule has 1 aromatic carbocycles. The first-order chi connectivity index (χ1) is 15.9. The highest BCUT2D eigenvalue weighted by Gasteiger charge is 2.65. The van der Waals surface area contributed by atoms with E-state index in [9.17, 15) is 23.1 Å². The van der Waals surface area contributed by atoms with Gasteiger partial charge in [-0.1, -0.05) is 37.1 Å². The summed E-state index contributed by atoms with van der Waals surface area (Å²) in [6, 6.07) is 6.91. The Balaban J connectivity index is 1.60. The summed E-state index contributed by atoms with van der Waals surface area (Å²) < 4.78 is 28.0. The number of benzene rings is 1. The van der Waals surface area contributed by atoms with Crippen molar-refractivity contribution in [2.75, 3.05) is 0 Å². The molecule has 5 nitrogen and oxygen atoms in total. The molecule has 0 bridgehead atoms. The molecule has 1 N–H and O–H groups in total. The first-order valence-electron chi connectivity index (χ1n) is 12.6. The third-order valence-electron chi connectivity index (χ3n) is 10.4. The van der Waals surface area contributed by atoms with Crippen LogP contribution in [0.1, 0.15) is 64.9 Å². The third-order valence-corrected chi connectivity index (χ3v) is 12.7. The fourth-order valence-electron chi connectivity index (χ4n) is 8.54. The van der Waals surface area contributed by atoms with Gasteiger partial charge in [-0.05, 0) is 81.9 Å². The van der Waals surface area contributed by atoms with Crippen molar-refractivity contribution in [2.45, 2.75) is 82.5 Å². The van der Waals surface area contributed by atoms with Crippen molar-refractivity contribution in [1.29, 1.82) is 0 Å². The number of aliphatic hydroxyl groups excluding tert-OH is 1. The maximum Gasteiger partial charge on any atom is 0.182 e. The van der Waals surface area contributed by atoms with Gasteiger partial charge in [-0.15, -0.1) is 0 Å². The highest BCUT2D eigenvalue weighted by Crippen LogP contribution is 2.67. The largest absolute Gasteiger partial charge is 0.393 e. The lowest BCUT2D eigenvalue weighted by Crippen LogP contribution is -2.60. The molecule has 4 aliphatic carbocycles. The van der Waals surface area contributed by atoms with Crippen LogP contribution in [-0.4, -0.2) is 36.4 Å². The Morgan fingerprint density at radius 3 is 2.38 bits per heavy atom. The number of rotatable bonds is 3. The molecule has 3 fully saturated rings. The standard InChI is InChI=1S/C28H36O5S/c1-16-5-8-20(9-6-16)34(32,33)26-14-19(30)13-18-7-10-21-23-12-11-22(17(2)29)28(23,4)25(31)15-24(21)27(18,26)3/h5-6,8-9,13,21-26,31H,7,10-12,14-15H2,1-4H3/t21-,22+,23-,24-,25?,26?,27-,28+/m0/s1. The lowest BCUT2D eigenvalue weighted by Gasteiger charge is -2.61. The molecule has 2 unspecified atom stereocenters. The van der Waals surface area contributed by atoms with Gasteiger partial charge >= 0.3 is 0 Å². The summed E-state index contributed by atoms with van der Waals surface area (Å²) in [4.78, 5) is 25.5. The van der Waals surface area contributed by atoms with E-state index in [0.29, 0.717) is 12.8 Å². The van der Waals surface area contributed by atoms with Crippen molar-refractivity contribution in [1.82, 2.24) is 0 Å². The van der Waals surface area contributed by atoms with E-state index in [0.717, 1.165) is 30.4 Å². The third kappa shape index (κ3) is 3.17. The smallest absolute Gasteiger partial charge is 0.182 e. The zero-order chi connectivity index (χ0) is 24.6. The fraction of sp³-hybridized carbons (Fsp3) is 0.643. The maximum atomic E-state index is 14.0. The molecule has 0 spiro atoms. The molecule has 5 rings (SSSR count). The Labute approximate surface area is 202 Å². The maximum absolute atomic E-state index is 14.0. The van der Waals surface area contributed by atoms with Crippen LogP contribution in [0.3, 0.4) is 0 Å². The van der Waals surface area contributed by atoms with Gasteiger partial charge in [0, 0.05) is 23.2 Å². The van der Waals surface area contributed by atoms with Crippen molar-refractivity contribution >= 4 is 21.4 Å². The minimum Gasteiger partial charge on any atom is -0.393 e. The van der Waals surface area contributed by atoms with Crippen LogP contribution >= 0.6 is 0 Å². The molecule has 184 valence electrons. The molecule has 0 radical (unpaired) electrons. The van der Waals surface area contributed by atoms with Gasteiger partial charge in [0.2, 0.25) is 0 Å². The molecule has 0 saturated heterocycles. The summed E-state index contributed by atoms with van der Waals surface area (Å²) in [6.45, 7) is 7.67. The number of allylic oxidation sites excluding steroid dienone is 1. The Bertz CT molecular complexity index is 1170. The summed E-state index contributed by atoms with van der Waals surface area (Å²) in [5.74, 6) is 0.277. The number of fused-ring (bicyclic) bond motifs is 5. The predicted molar refractivity (Wildman–Crippen MR) is 130 cm³/mol. The topological polar surface area (TPSA) is 88.5 Å². The van der Waals surface area contributed by atoms with E-state index in [4.69, 9.17) is 0 Å². The van der Waals surface area contributed by atoms with Crippen LogP contribution in [0.25, 0.3) is 0 Å². The number of hydrogen-bond donors (Lipinski definition) is 1. The van der Waals surface area contributed by atoms with Gasteiger partial charge in [0.1, 0.15) is 5.78 Å². The predicted octanol–water partition coefficient (Wildman–Crippen LogP) is 4.46. The highest BCUT2D eigenvalue weighted by molar-refractivity contribution is 7.92. The quantitative estimate of drug-likeness (QED) is 0.685. The van der Waals surface area contributed by atoms with Gasteiger partial charge in [-0.25, -0.2) is 8.42 Å². The fourth-order valence-corrected chi connectivity index (χ4v) is 10.7. The second-order valence-corrected chi connectivity index (χ2v) is 13.9. The monoisotopic (exact) mass is 484 g/mol. The zero-order valence-corrected chi connectivity index (χ0v) is 21.4. The van der Waals surface area contributed by atoms with Crippen LogP contribution in [0.2, 0.25) is 0 Å². The van der Waals surface area contributed by atoms with E-state index in [2.05, 4.69) is 6.92 Å². The Morgan fingerprint density at radius 2 is 1.74 bits per heavy atom. The Kier molecular flexibility index (Phi) is 5.53. The molecule has 1 aromatic rings. The minimum absolute atomic E-state index is 0.0203. The van der Waals surface area contributed by atoms with Crippen molar-refractivity contribution in [3.05, 3.63) is 41.5 Å². The van der Waals surface area contributed by atoms with Crippen LogP contribution in [-0.2, 0) is 19.4 Å². The molecule has 0 heterocycles. The Morgan fingerprint density at radius 1 is 1.06 bits per heavy atom. The van der Waals surface area contributed by atoms with Gasteiger partial charge in [0.25, 0.3) is 0 Å². The van der Waals surface area contributed by atoms with Gasteiger partial charge in [0.15, 0.2) is 15.6 Å². The number of sulfone groups is 1. The lowest BCUT2D eigenvalue weighted by atomic mass is 9.46. The van der Waals surface area contributed by atoms with Crippen LogP contribution < -0.4 is 0 Å². The summed E-state index contributed by atoms with van der Waals surface area (Å²) >= 11 is 0. The molecule has 8 atom stereocenters. The SMILES string of the molecule is CC(=O)[C@H]1CC[C@H]2[C@@H]3CCC4=CC(=O)CC(S(=O)(=O)c5ccc(C)cc5)[C@]4(C)[C@H]3CC(O)[C@]12C. The van der Waals surface area contributed by atoms with Gasteiger partial charge in [-0.3, -0.25) is 9.59 Å². The minimum atomic E-state index is -3.77. The average Bonchev–Trinajstić information content (AvgIpc) is 3.14. The lowest BCUT2D eigenvalue weighted by molar-refractivity contribution is -0.148.